The number of anilines is 1. The average molecular weight is 279 g/mol. The monoisotopic (exact) mass is 279 g/mol. The van der Waals surface area contributed by atoms with Gasteiger partial charge in [-0.05, 0) is 51.0 Å². The minimum Gasteiger partial charge on any atom is -0.497 e. The molecule has 0 fully saturated rings. The number of methoxy groups -OCH3 is 1. The lowest BCUT2D eigenvalue weighted by molar-refractivity contribution is -0.107. The molecule has 0 aliphatic carbocycles. The molecule has 1 N–H and O–H groups in total. The summed E-state index contributed by atoms with van der Waals surface area (Å²) >= 11 is 0. The highest BCUT2D eigenvalue weighted by molar-refractivity contribution is 5.86. The van der Waals surface area contributed by atoms with Gasteiger partial charge in [0.1, 0.15) is 17.6 Å². The first-order valence-corrected chi connectivity index (χ1v) is 6.46. The lowest BCUT2D eigenvalue weighted by Gasteiger charge is -2.20. The van der Waals surface area contributed by atoms with Crippen molar-refractivity contribution in [3.63, 3.8) is 0 Å². The molecule has 0 saturated heterocycles. The predicted molar refractivity (Wildman–Crippen MR) is 77.2 cm³/mol. The molecule has 1 aromatic carbocycles. The molecule has 0 radical (unpaired) electrons. The number of hydrogen-bond acceptors (Lipinski definition) is 4. The molecule has 0 aliphatic rings. The zero-order valence-corrected chi connectivity index (χ0v) is 12.4. The standard InChI is InChI=1S/C15H21NO4/c1-15(2,3)20-14(18)16-13-8-7-12(19-4)10-11(13)6-5-9-17/h7-10H,5-6H2,1-4H3,(H,16,18). The molecule has 0 spiro atoms. The Bertz CT molecular complexity index is 477. The van der Waals surface area contributed by atoms with Crippen LogP contribution in [0.4, 0.5) is 10.5 Å². The Hall–Kier alpha value is -2.04. The maximum absolute atomic E-state index is 11.8. The largest absolute Gasteiger partial charge is 0.497 e. The minimum absolute atomic E-state index is 0.385. The lowest BCUT2D eigenvalue weighted by atomic mass is 10.1. The van der Waals surface area contributed by atoms with Crippen molar-refractivity contribution in [1.29, 1.82) is 0 Å². The number of aldehydes is 1. The Balaban J connectivity index is 2.87. The van der Waals surface area contributed by atoms with Crippen LogP contribution in [0, 0.1) is 0 Å². The molecule has 0 bridgehead atoms. The van der Waals surface area contributed by atoms with E-state index in [9.17, 15) is 9.59 Å². The first kappa shape index (κ1) is 16.0. The third kappa shape index (κ3) is 5.30. The number of benzene rings is 1. The van der Waals surface area contributed by atoms with Crippen molar-refractivity contribution in [2.24, 2.45) is 0 Å². The van der Waals surface area contributed by atoms with Gasteiger partial charge in [0.15, 0.2) is 0 Å². The van der Waals surface area contributed by atoms with Gasteiger partial charge in [-0.3, -0.25) is 5.32 Å². The topological polar surface area (TPSA) is 64.6 Å². The van der Waals surface area contributed by atoms with Crippen LogP contribution in [0.15, 0.2) is 18.2 Å². The van der Waals surface area contributed by atoms with Crippen molar-refractivity contribution in [2.75, 3.05) is 12.4 Å². The molecule has 0 heterocycles. The van der Waals surface area contributed by atoms with Crippen molar-refractivity contribution in [3.8, 4) is 5.75 Å². The number of hydrogen-bond donors (Lipinski definition) is 1. The number of nitrogens with one attached hydrogen (secondary N) is 1. The minimum atomic E-state index is -0.556. The molecule has 110 valence electrons. The van der Waals surface area contributed by atoms with Gasteiger partial charge in [0.2, 0.25) is 0 Å². The Labute approximate surface area is 119 Å². The van der Waals surface area contributed by atoms with Crippen molar-refractivity contribution in [2.45, 2.75) is 39.2 Å². The van der Waals surface area contributed by atoms with Crippen LogP contribution < -0.4 is 10.1 Å². The van der Waals surface area contributed by atoms with E-state index in [1.54, 1.807) is 46.1 Å². The van der Waals surface area contributed by atoms with E-state index in [1.165, 1.54) is 0 Å². The van der Waals surface area contributed by atoms with Crippen LogP contribution in [0.25, 0.3) is 0 Å². The summed E-state index contributed by atoms with van der Waals surface area (Å²) in [5, 5.41) is 2.69. The van der Waals surface area contributed by atoms with Gasteiger partial charge in [0.05, 0.1) is 7.11 Å². The van der Waals surface area contributed by atoms with E-state index in [-0.39, 0.29) is 0 Å². The zero-order valence-electron chi connectivity index (χ0n) is 12.4. The summed E-state index contributed by atoms with van der Waals surface area (Å²) < 4.78 is 10.3. The maximum atomic E-state index is 11.8. The number of carbonyl (C=O) groups is 2. The van der Waals surface area contributed by atoms with E-state index in [2.05, 4.69) is 5.32 Å². The zero-order chi connectivity index (χ0) is 15.2. The summed E-state index contributed by atoms with van der Waals surface area (Å²) in [5.74, 6) is 0.681. The Morgan fingerprint density at radius 1 is 1.35 bits per heavy atom. The number of ether oxygens (including phenoxy) is 2. The number of carbonyl (C=O) groups excluding carboxylic acids is 2. The average Bonchev–Trinajstić information content (AvgIpc) is 2.35. The highest BCUT2D eigenvalue weighted by Gasteiger charge is 2.17. The third-order valence-electron chi connectivity index (χ3n) is 2.48. The summed E-state index contributed by atoms with van der Waals surface area (Å²) in [6, 6.07) is 5.29. The smallest absolute Gasteiger partial charge is 0.412 e. The molecule has 1 aromatic rings. The van der Waals surface area contributed by atoms with Crippen LogP contribution in [-0.2, 0) is 16.0 Å². The maximum Gasteiger partial charge on any atom is 0.412 e. The highest BCUT2D eigenvalue weighted by Crippen LogP contribution is 2.24. The third-order valence-corrected chi connectivity index (χ3v) is 2.48. The fraction of sp³-hybridized carbons (Fsp3) is 0.467. The van der Waals surface area contributed by atoms with Crippen molar-refractivity contribution < 1.29 is 19.1 Å². The van der Waals surface area contributed by atoms with Crippen LogP contribution in [0.2, 0.25) is 0 Å². The van der Waals surface area contributed by atoms with Gasteiger partial charge in [-0.1, -0.05) is 0 Å². The van der Waals surface area contributed by atoms with Gasteiger partial charge in [-0.2, -0.15) is 0 Å². The molecule has 0 unspecified atom stereocenters. The Morgan fingerprint density at radius 2 is 2.05 bits per heavy atom. The fourth-order valence-electron chi connectivity index (χ4n) is 1.65. The predicted octanol–water partition coefficient (Wildman–Crippen LogP) is 3.17. The van der Waals surface area contributed by atoms with E-state index >= 15 is 0 Å². The van der Waals surface area contributed by atoms with Gasteiger partial charge in [-0.15, -0.1) is 0 Å². The van der Waals surface area contributed by atoms with Gasteiger partial charge >= 0.3 is 6.09 Å². The molecule has 1 amide bonds. The molecule has 0 aromatic heterocycles. The molecule has 5 heteroatoms. The second kappa shape index (κ2) is 6.93. The van der Waals surface area contributed by atoms with Gasteiger partial charge < -0.3 is 14.3 Å². The summed E-state index contributed by atoms with van der Waals surface area (Å²) in [5.41, 5.74) is 0.906. The van der Waals surface area contributed by atoms with Crippen molar-refractivity contribution in [3.05, 3.63) is 23.8 Å². The van der Waals surface area contributed by atoms with E-state index in [0.29, 0.717) is 24.3 Å². The van der Waals surface area contributed by atoms with Crippen molar-refractivity contribution in [1.82, 2.24) is 0 Å². The van der Waals surface area contributed by atoms with Crippen molar-refractivity contribution >= 4 is 18.1 Å². The number of aryl methyl sites for hydroxylation is 1. The first-order valence-electron chi connectivity index (χ1n) is 6.46. The molecule has 5 nitrogen and oxygen atoms in total. The molecular formula is C15H21NO4. The van der Waals surface area contributed by atoms with Crippen LogP contribution in [0.1, 0.15) is 32.8 Å². The van der Waals surface area contributed by atoms with E-state index in [0.717, 1.165) is 11.8 Å². The van der Waals surface area contributed by atoms with Crippen LogP contribution in [-0.4, -0.2) is 25.1 Å². The molecule has 1 rings (SSSR count). The quantitative estimate of drug-likeness (QED) is 0.841. The Morgan fingerprint density at radius 3 is 2.60 bits per heavy atom. The van der Waals surface area contributed by atoms with Crippen LogP contribution in [0.3, 0.4) is 0 Å². The molecular weight excluding hydrogens is 258 g/mol. The van der Waals surface area contributed by atoms with Gasteiger partial charge in [-0.25, -0.2) is 4.79 Å². The highest BCUT2D eigenvalue weighted by atomic mass is 16.6. The molecule has 20 heavy (non-hydrogen) atoms. The van der Waals surface area contributed by atoms with E-state index in [4.69, 9.17) is 9.47 Å². The van der Waals surface area contributed by atoms with Crippen LogP contribution in [0.5, 0.6) is 5.75 Å². The lowest BCUT2D eigenvalue weighted by Crippen LogP contribution is -2.27. The summed E-state index contributed by atoms with van der Waals surface area (Å²) in [6.45, 7) is 5.40. The van der Waals surface area contributed by atoms with Gasteiger partial charge in [0, 0.05) is 12.1 Å². The number of rotatable bonds is 5. The van der Waals surface area contributed by atoms with E-state index in [1.807, 2.05) is 0 Å². The molecule has 0 aliphatic heterocycles. The van der Waals surface area contributed by atoms with E-state index < -0.39 is 11.7 Å². The summed E-state index contributed by atoms with van der Waals surface area (Å²) in [7, 11) is 1.57. The first-order chi connectivity index (χ1) is 9.35. The van der Waals surface area contributed by atoms with Gasteiger partial charge in [0.25, 0.3) is 0 Å². The molecule has 0 saturated carbocycles. The summed E-state index contributed by atoms with van der Waals surface area (Å²) in [4.78, 5) is 22.3. The fourth-order valence-corrected chi connectivity index (χ4v) is 1.65. The second-order valence-electron chi connectivity index (χ2n) is 5.36. The summed E-state index contributed by atoms with van der Waals surface area (Å²) in [6.07, 6.45) is 1.24. The second-order valence-corrected chi connectivity index (χ2v) is 5.36. The Kier molecular flexibility index (Phi) is 5.55. The molecule has 0 atom stereocenters. The SMILES string of the molecule is COc1ccc(NC(=O)OC(C)(C)C)c(CCC=O)c1. The normalized spacial score (nSPS) is 10.8. The van der Waals surface area contributed by atoms with Crippen LogP contribution >= 0.6 is 0 Å². The number of amides is 1.